The van der Waals surface area contributed by atoms with E-state index in [2.05, 4.69) is 29.9 Å². The number of rotatable bonds is 0. The standard InChI is InChI=1S/C26H18N6/c1-5-19-13-20(6-1)28-16-24-10-4-12-26(32-24)18-30-22-8-2-7-21(14-22)29-17-25-11-3-9-23(31-25)15-27-19/h1-18H. The molecule has 0 aliphatic carbocycles. The summed E-state index contributed by atoms with van der Waals surface area (Å²) >= 11 is 0. The van der Waals surface area contributed by atoms with Crippen LogP contribution in [0, 0.1) is 0 Å². The van der Waals surface area contributed by atoms with Crippen molar-refractivity contribution in [2.24, 2.45) is 20.0 Å². The zero-order valence-corrected chi connectivity index (χ0v) is 17.1. The van der Waals surface area contributed by atoms with Crippen LogP contribution in [0.3, 0.4) is 0 Å². The first kappa shape index (κ1) is 19.4. The SMILES string of the molecule is C1=Nc2cccc(c2)N=Cc2cccc(n2)C=Nc2cccc(c2)N=Cc2cccc1n2. The van der Waals surface area contributed by atoms with Crippen molar-refractivity contribution in [3.05, 3.63) is 108 Å². The lowest BCUT2D eigenvalue weighted by Crippen LogP contribution is -1.93. The molecule has 0 saturated heterocycles. The van der Waals surface area contributed by atoms with Gasteiger partial charge in [0.15, 0.2) is 0 Å². The van der Waals surface area contributed by atoms with Crippen LogP contribution in [0.4, 0.5) is 22.7 Å². The molecule has 8 bridgehead atoms. The minimum absolute atomic E-state index is 0.747. The molecular formula is C26H18N6. The van der Waals surface area contributed by atoms with Crippen molar-refractivity contribution < 1.29 is 0 Å². The Kier molecular flexibility index (Phi) is 5.49. The molecule has 5 rings (SSSR count). The highest BCUT2D eigenvalue weighted by Crippen LogP contribution is 2.21. The van der Waals surface area contributed by atoms with Crippen molar-refractivity contribution in [2.45, 2.75) is 0 Å². The van der Waals surface area contributed by atoms with Crippen molar-refractivity contribution in [3.8, 4) is 0 Å². The number of aromatic nitrogens is 2. The van der Waals surface area contributed by atoms with Crippen LogP contribution in [0.2, 0.25) is 0 Å². The van der Waals surface area contributed by atoms with Gasteiger partial charge in [0.05, 0.1) is 70.4 Å². The summed E-state index contributed by atoms with van der Waals surface area (Å²) in [6.07, 6.45) is 6.94. The summed E-state index contributed by atoms with van der Waals surface area (Å²) in [4.78, 5) is 27.4. The molecule has 6 nitrogen and oxygen atoms in total. The first-order valence-electron chi connectivity index (χ1n) is 10.1. The Balaban J connectivity index is 1.58. The molecule has 3 heterocycles. The van der Waals surface area contributed by atoms with Crippen LogP contribution in [-0.4, -0.2) is 34.8 Å². The number of hydrogen-bond acceptors (Lipinski definition) is 6. The van der Waals surface area contributed by atoms with Crippen LogP contribution in [-0.2, 0) is 0 Å². The van der Waals surface area contributed by atoms with E-state index in [1.165, 1.54) is 0 Å². The van der Waals surface area contributed by atoms with Crippen LogP contribution in [0.15, 0.2) is 105 Å². The highest BCUT2D eigenvalue weighted by atomic mass is 14.8. The molecule has 0 N–H and O–H groups in total. The second kappa shape index (κ2) is 9.06. The first-order chi connectivity index (χ1) is 15.8. The largest absolute Gasteiger partial charge is 0.255 e. The molecule has 6 heteroatoms. The van der Waals surface area contributed by atoms with Gasteiger partial charge in [-0.15, -0.1) is 0 Å². The van der Waals surface area contributed by atoms with Crippen LogP contribution < -0.4 is 0 Å². The first-order valence-corrected chi connectivity index (χ1v) is 10.1. The Morgan fingerprint density at radius 3 is 0.938 bits per heavy atom. The average Bonchev–Trinajstić information content (AvgIpc) is 2.84. The summed E-state index contributed by atoms with van der Waals surface area (Å²) in [6, 6.07) is 26.9. The summed E-state index contributed by atoms with van der Waals surface area (Å²) in [5, 5.41) is 0. The van der Waals surface area contributed by atoms with E-state index in [4.69, 9.17) is 0 Å². The smallest absolute Gasteiger partial charge is 0.0820 e. The zero-order chi connectivity index (χ0) is 21.6. The van der Waals surface area contributed by atoms with Gasteiger partial charge in [-0.25, -0.2) is 9.97 Å². The van der Waals surface area contributed by atoms with Crippen molar-refractivity contribution >= 4 is 47.6 Å². The third-order valence-corrected chi connectivity index (χ3v) is 4.63. The van der Waals surface area contributed by atoms with E-state index in [1.807, 2.05) is 84.9 Å². The third kappa shape index (κ3) is 4.94. The monoisotopic (exact) mass is 414 g/mol. The van der Waals surface area contributed by atoms with E-state index in [9.17, 15) is 0 Å². The molecule has 0 amide bonds. The summed E-state index contributed by atoms with van der Waals surface area (Å²) in [5.74, 6) is 0. The summed E-state index contributed by atoms with van der Waals surface area (Å²) < 4.78 is 0. The second-order valence-corrected chi connectivity index (χ2v) is 7.05. The average molecular weight is 414 g/mol. The molecule has 0 spiro atoms. The Labute approximate surface area is 185 Å². The molecule has 0 saturated carbocycles. The Morgan fingerprint density at radius 1 is 0.344 bits per heavy atom. The van der Waals surface area contributed by atoms with Crippen molar-refractivity contribution in [2.75, 3.05) is 0 Å². The van der Waals surface area contributed by atoms with Gasteiger partial charge in [-0.2, -0.15) is 0 Å². The molecule has 0 atom stereocenters. The van der Waals surface area contributed by atoms with Crippen LogP contribution >= 0.6 is 0 Å². The topological polar surface area (TPSA) is 75.2 Å². The maximum absolute atomic E-state index is 4.59. The van der Waals surface area contributed by atoms with Gasteiger partial charge in [0.2, 0.25) is 0 Å². The molecule has 152 valence electrons. The second-order valence-electron chi connectivity index (χ2n) is 7.05. The molecule has 0 unspecified atom stereocenters. The highest BCUT2D eigenvalue weighted by molar-refractivity contribution is 5.86. The lowest BCUT2D eigenvalue weighted by Gasteiger charge is -2.00. The number of fused-ring (bicyclic) bond motifs is 8. The van der Waals surface area contributed by atoms with E-state index < -0.39 is 0 Å². The van der Waals surface area contributed by atoms with Gasteiger partial charge in [0.25, 0.3) is 0 Å². The van der Waals surface area contributed by atoms with E-state index in [0.29, 0.717) is 0 Å². The molecule has 2 aromatic carbocycles. The molecule has 4 aromatic rings. The summed E-state index contributed by atoms with van der Waals surface area (Å²) in [7, 11) is 0. The van der Waals surface area contributed by atoms with E-state index in [0.717, 1.165) is 45.5 Å². The molecular weight excluding hydrogens is 396 g/mol. The maximum Gasteiger partial charge on any atom is 0.0820 e. The Hall–Kier alpha value is -4.58. The Bertz CT molecular complexity index is 1090. The molecule has 1 aliphatic rings. The number of pyridine rings is 2. The minimum Gasteiger partial charge on any atom is -0.255 e. The maximum atomic E-state index is 4.59. The fourth-order valence-corrected chi connectivity index (χ4v) is 3.10. The summed E-state index contributed by atoms with van der Waals surface area (Å²) in [6.45, 7) is 0. The van der Waals surface area contributed by atoms with Crippen molar-refractivity contribution in [1.29, 1.82) is 0 Å². The number of benzene rings is 2. The van der Waals surface area contributed by atoms with Crippen molar-refractivity contribution in [3.63, 3.8) is 0 Å². The van der Waals surface area contributed by atoms with Gasteiger partial charge in [0, 0.05) is 0 Å². The van der Waals surface area contributed by atoms with Gasteiger partial charge in [-0.05, 0) is 60.7 Å². The zero-order valence-electron chi connectivity index (χ0n) is 17.1. The van der Waals surface area contributed by atoms with E-state index in [-0.39, 0.29) is 0 Å². The quantitative estimate of drug-likeness (QED) is 0.321. The van der Waals surface area contributed by atoms with Gasteiger partial charge >= 0.3 is 0 Å². The lowest BCUT2D eigenvalue weighted by molar-refractivity contribution is 1.27. The van der Waals surface area contributed by atoms with Gasteiger partial charge in [-0.3, -0.25) is 20.0 Å². The highest BCUT2D eigenvalue weighted by Gasteiger charge is 1.99. The van der Waals surface area contributed by atoms with Gasteiger partial charge < -0.3 is 0 Å². The molecule has 0 radical (unpaired) electrons. The predicted octanol–water partition coefficient (Wildman–Crippen LogP) is 5.79. The molecule has 2 aromatic heterocycles. The van der Waals surface area contributed by atoms with Crippen LogP contribution in [0.1, 0.15) is 22.8 Å². The normalized spacial score (nSPS) is 12.5. The number of hydrogen-bond donors (Lipinski definition) is 0. The van der Waals surface area contributed by atoms with E-state index >= 15 is 0 Å². The summed E-state index contributed by atoms with van der Waals surface area (Å²) in [5.41, 5.74) is 6.16. The third-order valence-electron chi connectivity index (χ3n) is 4.63. The fourth-order valence-electron chi connectivity index (χ4n) is 3.10. The van der Waals surface area contributed by atoms with Crippen LogP contribution in [0.25, 0.3) is 0 Å². The molecule has 1 aliphatic heterocycles. The van der Waals surface area contributed by atoms with Crippen molar-refractivity contribution in [1.82, 2.24) is 9.97 Å². The fraction of sp³-hybridized carbons (Fsp3) is 0. The number of nitrogens with zero attached hydrogens (tertiary/aromatic N) is 6. The Morgan fingerprint density at radius 2 is 0.625 bits per heavy atom. The van der Waals surface area contributed by atoms with E-state index in [1.54, 1.807) is 24.9 Å². The lowest BCUT2D eigenvalue weighted by atomic mass is 10.2. The van der Waals surface area contributed by atoms with Gasteiger partial charge in [0.1, 0.15) is 0 Å². The number of aliphatic imine (C=N–C) groups is 4. The van der Waals surface area contributed by atoms with Crippen LogP contribution in [0.5, 0.6) is 0 Å². The predicted molar refractivity (Wildman–Crippen MR) is 130 cm³/mol. The molecule has 32 heavy (non-hydrogen) atoms. The van der Waals surface area contributed by atoms with Gasteiger partial charge in [-0.1, -0.05) is 24.3 Å². The molecule has 0 fully saturated rings. The minimum atomic E-state index is 0.747.